The third-order valence-corrected chi connectivity index (χ3v) is 3.34. The Kier molecular flexibility index (Phi) is 5.67. The molecule has 0 saturated carbocycles. The van der Waals surface area contributed by atoms with Crippen molar-refractivity contribution in [2.45, 2.75) is 39.3 Å². The van der Waals surface area contributed by atoms with E-state index in [9.17, 15) is 13.6 Å². The molecule has 0 saturated heterocycles. The van der Waals surface area contributed by atoms with Crippen LogP contribution in [0.5, 0.6) is 5.75 Å². The maximum Gasteiger partial charge on any atom is 0.387 e. The Hall–Kier alpha value is -2.44. The van der Waals surface area contributed by atoms with Crippen LogP contribution in [-0.2, 0) is 6.54 Å². The van der Waals surface area contributed by atoms with E-state index in [1.807, 2.05) is 0 Å². The number of aromatic nitrogens is 2. The zero-order chi connectivity index (χ0) is 16.8. The fourth-order valence-electron chi connectivity index (χ4n) is 2.22. The van der Waals surface area contributed by atoms with E-state index in [0.29, 0.717) is 11.1 Å². The average molecular weight is 324 g/mol. The molecule has 0 aliphatic heterocycles. The van der Waals surface area contributed by atoms with Crippen LogP contribution in [0.3, 0.4) is 0 Å². The molecule has 2 rings (SSSR count). The quantitative estimate of drug-likeness (QED) is 0.744. The second-order valence-corrected chi connectivity index (χ2v) is 5.13. The van der Waals surface area contributed by atoms with Crippen molar-refractivity contribution in [1.29, 1.82) is 0 Å². The lowest BCUT2D eigenvalue weighted by Gasteiger charge is -2.08. The third-order valence-electron chi connectivity index (χ3n) is 3.34. The van der Waals surface area contributed by atoms with Crippen molar-refractivity contribution in [3.63, 3.8) is 0 Å². The minimum Gasteiger partial charge on any atom is -0.478 e. The second kappa shape index (κ2) is 7.71. The summed E-state index contributed by atoms with van der Waals surface area (Å²) in [6, 6.07) is 3.86. The van der Waals surface area contributed by atoms with E-state index >= 15 is 0 Å². The van der Waals surface area contributed by atoms with Gasteiger partial charge in [-0.25, -0.2) is 4.79 Å². The Balaban J connectivity index is 2.27. The Morgan fingerprint density at radius 2 is 2.09 bits per heavy atom. The van der Waals surface area contributed by atoms with E-state index in [-0.39, 0.29) is 11.3 Å². The van der Waals surface area contributed by atoms with Gasteiger partial charge in [0.15, 0.2) is 0 Å². The maximum atomic E-state index is 12.4. The van der Waals surface area contributed by atoms with E-state index < -0.39 is 12.6 Å². The zero-order valence-electron chi connectivity index (χ0n) is 12.7. The van der Waals surface area contributed by atoms with E-state index in [1.54, 1.807) is 17.1 Å². The molecule has 0 aliphatic rings. The number of aromatic carboxylic acids is 1. The summed E-state index contributed by atoms with van der Waals surface area (Å²) in [5.41, 5.74) is 1.02. The first-order valence-electron chi connectivity index (χ1n) is 7.35. The third kappa shape index (κ3) is 4.77. The van der Waals surface area contributed by atoms with Crippen LogP contribution >= 0.6 is 0 Å². The number of unbranched alkanes of at least 4 members (excludes halogenated alkanes) is 2. The number of hydrogen-bond acceptors (Lipinski definition) is 3. The van der Waals surface area contributed by atoms with Crippen molar-refractivity contribution in [3.05, 3.63) is 36.2 Å². The Morgan fingerprint density at radius 3 is 2.74 bits per heavy atom. The van der Waals surface area contributed by atoms with Crippen molar-refractivity contribution < 1.29 is 23.4 Å². The number of halogens is 2. The van der Waals surface area contributed by atoms with Crippen molar-refractivity contribution in [1.82, 2.24) is 9.78 Å². The lowest BCUT2D eigenvalue weighted by Crippen LogP contribution is -2.04. The van der Waals surface area contributed by atoms with Crippen molar-refractivity contribution in [3.8, 4) is 16.9 Å². The number of hydrogen-bond donors (Lipinski definition) is 1. The smallest absolute Gasteiger partial charge is 0.387 e. The number of carbonyl (C=O) groups is 1. The SMILES string of the molecule is CCCCCn1cc(-c2cc(OC(F)F)cc(C(=O)O)c2)cn1. The molecule has 0 bridgehead atoms. The number of alkyl halides is 2. The van der Waals surface area contributed by atoms with E-state index in [0.717, 1.165) is 31.9 Å². The number of rotatable bonds is 8. The largest absolute Gasteiger partial charge is 0.478 e. The predicted molar refractivity (Wildman–Crippen MR) is 80.8 cm³/mol. The average Bonchev–Trinajstić information content (AvgIpc) is 2.95. The topological polar surface area (TPSA) is 64.3 Å². The minimum atomic E-state index is -3.01. The molecule has 0 fully saturated rings. The van der Waals surface area contributed by atoms with Crippen LogP contribution in [0.4, 0.5) is 8.78 Å². The second-order valence-electron chi connectivity index (χ2n) is 5.13. The standard InChI is InChI=1S/C16H18F2N2O3/c1-2-3-4-5-20-10-13(9-19-20)11-6-12(15(21)22)8-14(7-11)23-16(17)18/h6-10,16H,2-5H2,1H3,(H,21,22). The highest BCUT2D eigenvalue weighted by Gasteiger charge is 2.13. The Morgan fingerprint density at radius 1 is 1.30 bits per heavy atom. The summed E-state index contributed by atoms with van der Waals surface area (Å²) in [5.74, 6) is -1.39. The molecular weight excluding hydrogens is 306 g/mol. The number of benzene rings is 1. The molecular formula is C16H18F2N2O3. The van der Waals surface area contributed by atoms with Gasteiger partial charge in [-0.1, -0.05) is 19.8 Å². The maximum absolute atomic E-state index is 12.4. The van der Waals surface area contributed by atoms with Crippen LogP contribution in [0.15, 0.2) is 30.6 Å². The summed E-state index contributed by atoms with van der Waals surface area (Å²) in [6.07, 6.45) is 6.54. The number of aryl methyl sites for hydroxylation is 1. The van der Waals surface area contributed by atoms with Gasteiger partial charge in [0.25, 0.3) is 0 Å². The highest BCUT2D eigenvalue weighted by Crippen LogP contribution is 2.27. The fourth-order valence-corrected chi connectivity index (χ4v) is 2.22. The summed E-state index contributed by atoms with van der Waals surface area (Å²) < 4.78 is 30.8. The van der Waals surface area contributed by atoms with Gasteiger partial charge < -0.3 is 9.84 Å². The minimum absolute atomic E-state index is 0.114. The lowest BCUT2D eigenvalue weighted by atomic mass is 10.1. The van der Waals surface area contributed by atoms with Crippen molar-refractivity contribution in [2.75, 3.05) is 0 Å². The first-order valence-corrected chi connectivity index (χ1v) is 7.35. The Bertz CT molecular complexity index is 671. The van der Waals surface area contributed by atoms with Crippen LogP contribution in [0.2, 0.25) is 0 Å². The van der Waals surface area contributed by atoms with E-state index in [1.165, 1.54) is 12.1 Å². The molecule has 2 aromatic rings. The van der Waals surface area contributed by atoms with E-state index in [2.05, 4.69) is 16.8 Å². The summed E-state index contributed by atoms with van der Waals surface area (Å²) in [5, 5.41) is 13.3. The molecule has 1 heterocycles. The molecule has 7 heteroatoms. The first-order chi connectivity index (χ1) is 11.0. The van der Waals surface area contributed by atoms with Gasteiger partial charge in [-0.3, -0.25) is 4.68 Å². The number of carboxylic acid groups (broad SMARTS) is 1. The van der Waals surface area contributed by atoms with E-state index in [4.69, 9.17) is 5.11 Å². The van der Waals surface area contributed by atoms with Gasteiger partial charge in [0.05, 0.1) is 11.8 Å². The highest BCUT2D eigenvalue weighted by atomic mass is 19.3. The molecule has 1 aromatic heterocycles. The molecule has 0 radical (unpaired) electrons. The molecule has 5 nitrogen and oxygen atoms in total. The van der Waals surface area contributed by atoms with Crippen molar-refractivity contribution in [2.24, 2.45) is 0 Å². The van der Waals surface area contributed by atoms with Crippen LogP contribution in [-0.4, -0.2) is 27.5 Å². The number of nitrogens with zero attached hydrogens (tertiary/aromatic N) is 2. The summed E-state index contributed by atoms with van der Waals surface area (Å²) in [4.78, 5) is 11.1. The van der Waals surface area contributed by atoms with Crippen LogP contribution in [0.25, 0.3) is 11.1 Å². The lowest BCUT2D eigenvalue weighted by molar-refractivity contribution is -0.0498. The summed E-state index contributed by atoms with van der Waals surface area (Å²) in [6.45, 7) is -0.146. The first kappa shape index (κ1) is 16.9. The molecule has 1 aromatic carbocycles. The van der Waals surface area contributed by atoms with Crippen LogP contribution in [0, 0.1) is 0 Å². The predicted octanol–water partition coefficient (Wildman–Crippen LogP) is 4.04. The summed E-state index contributed by atoms with van der Waals surface area (Å²) >= 11 is 0. The molecule has 23 heavy (non-hydrogen) atoms. The molecule has 0 aliphatic carbocycles. The van der Waals surface area contributed by atoms with Gasteiger partial charge in [-0.2, -0.15) is 13.9 Å². The van der Waals surface area contributed by atoms with Crippen molar-refractivity contribution >= 4 is 5.97 Å². The summed E-state index contributed by atoms with van der Waals surface area (Å²) in [7, 11) is 0. The van der Waals surface area contributed by atoms with Gasteiger partial charge in [0.1, 0.15) is 5.75 Å². The molecule has 0 atom stereocenters. The van der Waals surface area contributed by atoms with Crippen LogP contribution < -0.4 is 4.74 Å². The molecule has 0 unspecified atom stereocenters. The normalized spacial score (nSPS) is 11.0. The van der Waals surface area contributed by atoms with Gasteiger partial charge in [-0.05, 0) is 30.2 Å². The zero-order valence-corrected chi connectivity index (χ0v) is 12.7. The molecule has 124 valence electrons. The molecule has 0 spiro atoms. The molecule has 0 amide bonds. The number of carboxylic acids is 1. The van der Waals surface area contributed by atoms with Crippen LogP contribution in [0.1, 0.15) is 36.5 Å². The fraction of sp³-hybridized carbons (Fsp3) is 0.375. The van der Waals surface area contributed by atoms with Gasteiger partial charge in [0.2, 0.25) is 0 Å². The van der Waals surface area contributed by atoms with Gasteiger partial charge in [-0.15, -0.1) is 0 Å². The monoisotopic (exact) mass is 324 g/mol. The Labute approximate surface area is 132 Å². The highest BCUT2D eigenvalue weighted by molar-refractivity contribution is 5.90. The van der Waals surface area contributed by atoms with Gasteiger partial charge >= 0.3 is 12.6 Å². The number of ether oxygens (including phenoxy) is 1. The molecule has 1 N–H and O–H groups in total. The van der Waals surface area contributed by atoms with Gasteiger partial charge in [0, 0.05) is 18.3 Å².